The summed E-state index contributed by atoms with van der Waals surface area (Å²) < 4.78 is 11.5. The summed E-state index contributed by atoms with van der Waals surface area (Å²) in [6.07, 6.45) is -0.369. The third-order valence-corrected chi connectivity index (χ3v) is 8.55. The van der Waals surface area contributed by atoms with Gasteiger partial charge in [0.15, 0.2) is 6.29 Å². The van der Waals surface area contributed by atoms with E-state index < -0.39 is 41.6 Å². The molecule has 5 aliphatic rings. The summed E-state index contributed by atoms with van der Waals surface area (Å²) in [5.74, 6) is -0.988. The monoisotopic (exact) mass is 364 g/mol. The first-order valence-electron chi connectivity index (χ1n) is 9.77. The fourth-order valence-corrected chi connectivity index (χ4v) is 7.49. The lowest BCUT2D eigenvalue weighted by molar-refractivity contribution is -0.288. The highest BCUT2D eigenvalue weighted by molar-refractivity contribution is 5.81. The van der Waals surface area contributed by atoms with Crippen LogP contribution in [-0.4, -0.2) is 46.1 Å². The van der Waals surface area contributed by atoms with Crippen molar-refractivity contribution in [3.05, 3.63) is 12.2 Å². The van der Waals surface area contributed by atoms with Gasteiger partial charge in [-0.05, 0) is 54.9 Å². The van der Waals surface area contributed by atoms with Crippen molar-refractivity contribution < 1.29 is 29.6 Å². The van der Waals surface area contributed by atoms with Crippen molar-refractivity contribution in [2.45, 2.75) is 70.7 Å². The zero-order chi connectivity index (χ0) is 18.6. The normalized spacial score (nSPS) is 57.2. The SMILES string of the molecule is C=C1[C@@H]2CC[C@@H]3[C@](C2)(C(=O)O[C@@H]2O[C@@H](O)[C@@H]4C(C)(C)CC[C@H](O)[C@]243)[C@@H]1O. The smallest absolute Gasteiger partial charge is 0.317 e. The summed E-state index contributed by atoms with van der Waals surface area (Å²) in [6.45, 7) is 8.21. The summed E-state index contributed by atoms with van der Waals surface area (Å²) in [4.78, 5) is 13.1. The Bertz CT molecular complexity index is 688. The van der Waals surface area contributed by atoms with Crippen LogP contribution in [0.2, 0.25) is 0 Å². The highest BCUT2D eigenvalue weighted by Crippen LogP contribution is 2.73. The van der Waals surface area contributed by atoms with Crippen molar-refractivity contribution in [3.8, 4) is 0 Å². The maximum atomic E-state index is 13.1. The van der Waals surface area contributed by atoms with E-state index in [0.717, 1.165) is 12.8 Å². The van der Waals surface area contributed by atoms with Crippen LogP contribution in [0.3, 0.4) is 0 Å². The molecule has 5 rings (SSSR count). The second-order valence-electron chi connectivity index (χ2n) is 9.83. The predicted molar refractivity (Wildman–Crippen MR) is 90.3 cm³/mol. The maximum Gasteiger partial charge on any atom is 0.317 e. The van der Waals surface area contributed by atoms with E-state index in [1.807, 2.05) is 0 Å². The molecular formula is C20H28O6. The van der Waals surface area contributed by atoms with E-state index >= 15 is 0 Å². The van der Waals surface area contributed by atoms with Crippen molar-refractivity contribution in [1.29, 1.82) is 0 Å². The van der Waals surface area contributed by atoms with E-state index in [-0.39, 0.29) is 23.2 Å². The topological polar surface area (TPSA) is 96.2 Å². The first-order valence-corrected chi connectivity index (χ1v) is 9.77. The lowest BCUT2D eigenvalue weighted by Gasteiger charge is -2.62. The Labute approximate surface area is 153 Å². The molecule has 2 bridgehead atoms. The fourth-order valence-electron chi connectivity index (χ4n) is 7.49. The number of carbonyl (C=O) groups excluding carboxylic acids is 1. The largest absolute Gasteiger partial charge is 0.434 e. The molecular weight excluding hydrogens is 336 g/mol. The highest BCUT2D eigenvalue weighted by atomic mass is 16.8. The number of aliphatic hydroxyl groups excluding tert-OH is 3. The number of esters is 1. The van der Waals surface area contributed by atoms with Gasteiger partial charge in [0, 0.05) is 5.92 Å². The number of hydrogen-bond donors (Lipinski definition) is 3. The molecule has 2 heterocycles. The summed E-state index contributed by atoms with van der Waals surface area (Å²) in [6, 6.07) is 0. The minimum Gasteiger partial charge on any atom is -0.434 e. The Morgan fingerprint density at radius 1 is 1.15 bits per heavy atom. The summed E-state index contributed by atoms with van der Waals surface area (Å²) in [7, 11) is 0. The Kier molecular flexibility index (Phi) is 3.24. The molecule has 144 valence electrons. The predicted octanol–water partition coefficient (Wildman–Crippen LogP) is 1.33. The molecule has 0 amide bonds. The standard InChI is InChI=1S/C20H28O6/c1-9-10-4-5-11-19(8-10,14(9)22)16(24)26-17-20(11)12(21)6-7-18(2,3)13(20)15(23)25-17/h10-15,17,21-23H,1,4-8H2,2-3H3/t10-,11-,12+,13-,14-,15-,17+,19+,20+/m1/s1. The molecule has 2 saturated heterocycles. The van der Waals surface area contributed by atoms with Crippen LogP contribution in [0.1, 0.15) is 46.0 Å². The Balaban J connectivity index is 1.73. The average Bonchev–Trinajstić information content (AvgIpc) is 2.99. The zero-order valence-electron chi connectivity index (χ0n) is 15.4. The fraction of sp³-hybridized carbons (Fsp3) is 0.850. The lowest BCUT2D eigenvalue weighted by atomic mass is 9.44. The van der Waals surface area contributed by atoms with Gasteiger partial charge in [-0.2, -0.15) is 0 Å². The van der Waals surface area contributed by atoms with Gasteiger partial charge < -0.3 is 24.8 Å². The van der Waals surface area contributed by atoms with Crippen molar-refractivity contribution in [3.63, 3.8) is 0 Å². The average molecular weight is 364 g/mol. The summed E-state index contributed by atoms with van der Waals surface area (Å²) in [5.41, 5.74) is -1.52. The van der Waals surface area contributed by atoms with E-state index in [4.69, 9.17) is 9.47 Å². The highest BCUT2D eigenvalue weighted by Gasteiger charge is 2.79. The van der Waals surface area contributed by atoms with Gasteiger partial charge in [0.25, 0.3) is 0 Å². The van der Waals surface area contributed by atoms with Crippen LogP contribution in [0.15, 0.2) is 12.2 Å². The number of ether oxygens (including phenoxy) is 2. The van der Waals surface area contributed by atoms with E-state index in [1.54, 1.807) is 0 Å². The Hall–Kier alpha value is -0.950. The van der Waals surface area contributed by atoms with Crippen LogP contribution in [0.5, 0.6) is 0 Å². The second kappa shape index (κ2) is 4.90. The van der Waals surface area contributed by atoms with Gasteiger partial charge in [-0.1, -0.05) is 20.4 Å². The van der Waals surface area contributed by atoms with Gasteiger partial charge in [0.1, 0.15) is 5.41 Å². The van der Waals surface area contributed by atoms with Crippen LogP contribution in [0.4, 0.5) is 0 Å². The Morgan fingerprint density at radius 3 is 2.62 bits per heavy atom. The van der Waals surface area contributed by atoms with Crippen LogP contribution in [0, 0.1) is 34.0 Å². The zero-order valence-corrected chi connectivity index (χ0v) is 15.4. The van der Waals surface area contributed by atoms with Gasteiger partial charge in [0.2, 0.25) is 6.29 Å². The number of rotatable bonds is 0. The molecule has 0 aromatic carbocycles. The van der Waals surface area contributed by atoms with Gasteiger partial charge in [0.05, 0.1) is 17.6 Å². The molecule has 0 radical (unpaired) electrons. The van der Waals surface area contributed by atoms with Gasteiger partial charge in [-0.15, -0.1) is 0 Å². The third-order valence-electron chi connectivity index (χ3n) is 8.55. The number of hydrogen-bond acceptors (Lipinski definition) is 6. The number of aliphatic hydroxyl groups is 3. The van der Waals surface area contributed by atoms with Crippen LogP contribution in [0.25, 0.3) is 0 Å². The van der Waals surface area contributed by atoms with Crippen molar-refractivity contribution in [2.24, 2.45) is 34.0 Å². The van der Waals surface area contributed by atoms with Crippen LogP contribution >= 0.6 is 0 Å². The third kappa shape index (κ3) is 1.62. The Morgan fingerprint density at radius 2 is 1.88 bits per heavy atom. The summed E-state index contributed by atoms with van der Waals surface area (Å²) in [5, 5.41) is 33.0. The minimum atomic E-state index is -1.09. The molecule has 0 aromatic heterocycles. The van der Waals surface area contributed by atoms with Crippen molar-refractivity contribution in [1.82, 2.24) is 0 Å². The van der Waals surface area contributed by atoms with Crippen molar-refractivity contribution >= 4 is 5.97 Å². The molecule has 2 aliphatic heterocycles. The van der Waals surface area contributed by atoms with Crippen LogP contribution < -0.4 is 0 Å². The molecule has 0 aromatic rings. The molecule has 3 aliphatic carbocycles. The van der Waals surface area contributed by atoms with Gasteiger partial charge in [-0.25, -0.2) is 0 Å². The summed E-state index contributed by atoms with van der Waals surface area (Å²) >= 11 is 0. The molecule has 9 atom stereocenters. The van der Waals surface area contributed by atoms with E-state index in [9.17, 15) is 20.1 Å². The van der Waals surface area contributed by atoms with E-state index in [1.165, 1.54) is 0 Å². The lowest BCUT2D eigenvalue weighted by Crippen LogP contribution is -2.69. The number of fused-ring (bicyclic) bond motifs is 1. The molecule has 6 heteroatoms. The number of carbonyl (C=O) groups is 1. The van der Waals surface area contributed by atoms with Gasteiger partial charge in [-0.3, -0.25) is 4.79 Å². The maximum absolute atomic E-state index is 13.1. The molecule has 3 N–H and O–H groups in total. The van der Waals surface area contributed by atoms with Crippen LogP contribution in [-0.2, 0) is 14.3 Å². The van der Waals surface area contributed by atoms with E-state index in [0.29, 0.717) is 24.8 Å². The van der Waals surface area contributed by atoms with Crippen molar-refractivity contribution in [2.75, 3.05) is 0 Å². The van der Waals surface area contributed by atoms with E-state index in [2.05, 4.69) is 20.4 Å². The molecule has 5 fully saturated rings. The second-order valence-corrected chi connectivity index (χ2v) is 9.83. The molecule has 3 saturated carbocycles. The first-order chi connectivity index (χ1) is 12.2. The van der Waals surface area contributed by atoms with Gasteiger partial charge >= 0.3 is 5.97 Å². The molecule has 0 unspecified atom stereocenters. The molecule has 2 spiro atoms. The quantitative estimate of drug-likeness (QED) is 0.443. The molecule has 26 heavy (non-hydrogen) atoms. The first kappa shape index (κ1) is 17.2. The minimum absolute atomic E-state index is 0.112. The molecule has 6 nitrogen and oxygen atoms in total.